The van der Waals surface area contributed by atoms with Crippen molar-refractivity contribution in [3.63, 3.8) is 0 Å². The first-order valence-corrected chi connectivity index (χ1v) is 3.17. The van der Waals surface area contributed by atoms with Crippen LogP contribution in [0.25, 0.3) is 0 Å². The molecule has 0 aliphatic carbocycles. The zero-order valence-corrected chi connectivity index (χ0v) is 5.85. The Balaban J connectivity index is 2.35. The van der Waals surface area contributed by atoms with Crippen LogP contribution >= 0.6 is 0 Å². The SMILES string of the molecule is CNC(=O)C1CCN1C. The quantitative estimate of drug-likeness (QED) is 0.513. The van der Waals surface area contributed by atoms with E-state index in [0.29, 0.717) is 0 Å². The Morgan fingerprint density at radius 2 is 2.44 bits per heavy atom. The molecule has 3 nitrogen and oxygen atoms in total. The predicted molar refractivity (Wildman–Crippen MR) is 35.1 cm³/mol. The highest BCUT2D eigenvalue weighted by Crippen LogP contribution is 2.13. The second kappa shape index (κ2) is 2.35. The van der Waals surface area contributed by atoms with Crippen LogP contribution in [0.15, 0.2) is 0 Å². The fourth-order valence-corrected chi connectivity index (χ4v) is 1.01. The molecule has 1 rings (SSSR count). The number of carbonyl (C=O) groups excluding carboxylic acids is 1. The van der Waals surface area contributed by atoms with Crippen LogP contribution in [0.5, 0.6) is 0 Å². The average Bonchev–Trinajstić information content (AvgIpc) is 1.84. The zero-order valence-electron chi connectivity index (χ0n) is 5.85. The molecule has 1 heterocycles. The molecule has 0 aromatic rings. The third-order valence-corrected chi connectivity index (χ3v) is 1.84. The molecule has 0 spiro atoms. The van der Waals surface area contributed by atoms with Crippen molar-refractivity contribution in [2.24, 2.45) is 0 Å². The summed E-state index contributed by atoms with van der Waals surface area (Å²) in [5, 5.41) is 2.62. The Hall–Kier alpha value is -0.570. The molecule has 0 saturated carbocycles. The van der Waals surface area contributed by atoms with Gasteiger partial charge in [-0.2, -0.15) is 0 Å². The first kappa shape index (κ1) is 6.55. The number of carbonyl (C=O) groups is 1. The summed E-state index contributed by atoms with van der Waals surface area (Å²) < 4.78 is 0. The van der Waals surface area contributed by atoms with Crippen LogP contribution in [0.4, 0.5) is 0 Å². The van der Waals surface area contributed by atoms with Crippen molar-refractivity contribution < 1.29 is 4.79 Å². The summed E-state index contributed by atoms with van der Waals surface area (Å²) in [7, 11) is 3.64. The van der Waals surface area contributed by atoms with Crippen LogP contribution in [0.2, 0.25) is 0 Å². The van der Waals surface area contributed by atoms with E-state index in [0.717, 1.165) is 13.0 Å². The summed E-state index contributed by atoms with van der Waals surface area (Å²) in [6.45, 7) is 1.05. The summed E-state index contributed by atoms with van der Waals surface area (Å²) >= 11 is 0. The van der Waals surface area contributed by atoms with Gasteiger partial charge < -0.3 is 5.32 Å². The zero-order chi connectivity index (χ0) is 6.85. The second-order valence-corrected chi connectivity index (χ2v) is 2.40. The van der Waals surface area contributed by atoms with Crippen LogP contribution in [0.3, 0.4) is 0 Å². The molecule has 1 amide bonds. The molecular formula is C6H12N2O. The van der Waals surface area contributed by atoms with E-state index in [9.17, 15) is 4.79 Å². The van der Waals surface area contributed by atoms with E-state index in [4.69, 9.17) is 0 Å². The van der Waals surface area contributed by atoms with Crippen molar-refractivity contribution in [3.05, 3.63) is 0 Å². The van der Waals surface area contributed by atoms with Crippen LogP contribution in [0, 0.1) is 0 Å². The normalized spacial score (nSPS) is 27.1. The van der Waals surface area contributed by atoms with Crippen molar-refractivity contribution >= 4 is 5.91 Å². The van der Waals surface area contributed by atoms with E-state index >= 15 is 0 Å². The van der Waals surface area contributed by atoms with E-state index in [2.05, 4.69) is 5.32 Å². The number of nitrogens with zero attached hydrogens (tertiary/aromatic N) is 1. The first-order valence-electron chi connectivity index (χ1n) is 3.17. The van der Waals surface area contributed by atoms with Crippen molar-refractivity contribution in [2.45, 2.75) is 12.5 Å². The Kier molecular flexibility index (Phi) is 1.71. The molecule has 0 radical (unpaired) electrons. The lowest BCUT2D eigenvalue weighted by Crippen LogP contribution is -2.53. The summed E-state index contributed by atoms with van der Waals surface area (Å²) in [4.78, 5) is 12.9. The van der Waals surface area contributed by atoms with E-state index in [1.807, 2.05) is 11.9 Å². The molecule has 0 aromatic carbocycles. The highest BCUT2D eigenvalue weighted by atomic mass is 16.2. The monoisotopic (exact) mass is 128 g/mol. The van der Waals surface area contributed by atoms with Crippen LogP contribution in [-0.4, -0.2) is 37.5 Å². The number of likely N-dealkylation sites (tertiary alicyclic amines) is 1. The molecule has 0 aromatic heterocycles. The van der Waals surface area contributed by atoms with Gasteiger partial charge in [0.15, 0.2) is 0 Å². The number of rotatable bonds is 1. The van der Waals surface area contributed by atoms with Crippen molar-refractivity contribution in [3.8, 4) is 0 Å². The molecule has 1 aliphatic heterocycles. The van der Waals surface area contributed by atoms with E-state index < -0.39 is 0 Å². The largest absolute Gasteiger partial charge is 0.358 e. The third kappa shape index (κ3) is 1.05. The van der Waals surface area contributed by atoms with Crippen LogP contribution < -0.4 is 5.32 Å². The van der Waals surface area contributed by atoms with Gasteiger partial charge in [-0.05, 0) is 13.5 Å². The maximum Gasteiger partial charge on any atom is 0.237 e. The van der Waals surface area contributed by atoms with Crippen LogP contribution in [-0.2, 0) is 4.79 Å². The smallest absolute Gasteiger partial charge is 0.237 e. The molecule has 9 heavy (non-hydrogen) atoms. The van der Waals surface area contributed by atoms with Gasteiger partial charge in [-0.3, -0.25) is 9.69 Å². The van der Waals surface area contributed by atoms with Gasteiger partial charge in [-0.15, -0.1) is 0 Å². The minimum atomic E-state index is 0.142. The Bertz CT molecular complexity index is 124. The average molecular weight is 128 g/mol. The number of nitrogens with one attached hydrogen (secondary N) is 1. The Morgan fingerprint density at radius 3 is 2.56 bits per heavy atom. The van der Waals surface area contributed by atoms with Gasteiger partial charge in [0.2, 0.25) is 5.91 Å². The molecule has 1 atom stereocenters. The van der Waals surface area contributed by atoms with Gasteiger partial charge in [0.05, 0.1) is 6.04 Å². The molecule has 1 aliphatic rings. The summed E-state index contributed by atoms with van der Waals surface area (Å²) in [6.07, 6.45) is 1.01. The number of hydrogen-bond acceptors (Lipinski definition) is 2. The third-order valence-electron chi connectivity index (χ3n) is 1.84. The molecule has 3 heteroatoms. The highest BCUT2D eigenvalue weighted by molar-refractivity contribution is 5.82. The molecular weight excluding hydrogens is 116 g/mol. The van der Waals surface area contributed by atoms with Crippen molar-refractivity contribution in [1.29, 1.82) is 0 Å². The Labute approximate surface area is 55.0 Å². The van der Waals surface area contributed by atoms with Gasteiger partial charge in [0.1, 0.15) is 0 Å². The molecule has 52 valence electrons. The molecule has 0 bridgehead atoms. The fraction of sp³-hybridized carbons (Fsp3) is 0.833. The molecule has 1 N–H and O–H groups in total. The summed E-state index contributed by atoms with van der Waals surface area (Å²) in [5.74, 6) is 0.142. The van der Waals surface area contributed by atoms with Gasteiger partial charge in [-0.25, -0.2) is 0 Å². The fourth-order valence-electron chi connectivity index (χ4n) is 1.01. The predicted octanol–water partition coefficient (Wildman–Crippen LogP) is -0.563. The topological polar surface area (TPSA) is 32.3 Å². The van der Waals surface area contributed by atoms with E-state index in [1.165, 1.54) is 0 Å². The summed E-state index contributed by atoms with van der Waals surface area (Å²) in [6, 6.07) is 0.148. The molecule has 1 saturated heterocycles. The lowest BCUT2D eigenvalue weighted by molar-refractivity contribution is -0.129. The van der Waals surface area contributed by atoms with E-state index in [1.54, 1.807) is 7.05 Å². The maximum atomic E-state index is 10.9. The Morgan fingerprint density at radius 1 is 1.78 bits per heavy atom. The van der Waals surface area contributed by atoms with Crippen LogP contribution in [0.1, 0.15) is 6.42 Å². The minimum absolute atomic E-state index is 0.142. The van der Waals surface area contributed by atoms with Gasteiger partial charge >= 0.3 is 0 Å². The number of likely N-dealkylation sites (N-methyl/N-ethyl adjacent to an activating group) is 2. The lowest BCUT2D eigenvalue weighted by Gasteiger charge is -2.35. The maximum absolute atomic E-state index is 10.9. The standard InChI is InChI=1S/C6H12N2O/c1-7-6(9)5-3-4-8(5)2/h5H,3-4H2,1-2H3,(H,7,9). The number of amides is 1. The summed E-state index contributed by atoms with van der Waals surface area (Å²) in [5.41, 5.74) is 0. The first-order chi connectivity index (χ1) is 4.25. The second-order valence-electron chi connectivity index (χ2n) is 2.40. The van der Waals surface area contributed by atoms with Gasteiger partial charge in [-0.1, -0.05) is 0 Å². The lowest BCUT2D eigenvalue weighted by atomic mass is 10.0. The number of hydrogen-bond donors (Lipinski definition) is 1. The highest BCUT2D eigenvalue weighted by Gasteiger charge is 2.29. The molecule has 1 unspecified atom stereocenters. The minimum Gasteiger partial charge on any atom is -0.358 e. The van der Waals surface area contributed by atoms with Crippen molar-refractivity contribution in [2.75, 3.05) is 20.6 Å². The van der Waals surface area contributed by atoms with E-state index in [-0.39, 0.29) is 11.9 Å². The van der Waals surface area contributed by atoms with Gasteiger partial charge in [0.25, 0.3) is 0 Å². The van der Waals surface area contributed by atoms with Gasteiger partial charge in [0, 0.05) is 13.6 Å². The van der Waals surface area contributed by atoms with Crippen molar-refractivity contribution in [1.82, 2.24) is 10.2 Å². The molecule has 1 fully saturated rings.